The normalized spacial score (nSPS) is 22.4. The average Bonchev–Trinajstić information content (AvgIpc) is 2.73. The Morgan fingerprint density at radius 2 is 2.56 bits per heavy atom. The molecule has 0 aliphatic carbocycles. The maximum absolute atomic E-state index is 5.64. The van der Waals surface area contributed by atoms with Gasteiger partial charge in [0.25, 0.3) is 0 Å². The molecule has 2 N–H and O–H groups in total. The molecule has 1 aliphatic rings. The largest absolute Gasteiger partial charge is 0.376 e. The van der Waals surface area contributed by atoms with Gasteiger partial charge in [-0.2, -0.15) is 0 Å². The van der Waals surface area contributed by atoms with Crippen molar-refractivity contribution in [3.05, 3.63) is 11.1 Å². The minimum Gasteiger partial charge on any atom is -0.376 e. The molecule has 90 valence electrons. The van der Waals surface area contributed by atoms with E-state index in [1.807, 2.05) is 5.38 Å². The number of nitrogen functional groups attached to an aromatic ring is 1. The summed E-state index contributed by atoms with van der Waals surface area (Å²) in [5, 5.41) is 2.72. The number of thiazole rings is 1. The van der Waals surface area contributed by atoms with Crippen LogP contribution in [0.3, 0.4) is 0 Å². The Kier molecular flexibility index (Phi) is 4.15. The number of nitrogens with two attached hydrogens (primary N) is 1. The Hall–Kier alpha value is -0.650. The summed E-state index contributed by atoms with van der Waals surface area (Å²) in [5.41, 5.74) is 6.72. The SMILES string of the molecule is CCC1CN(CCc2csc(N)n2)CCO1. The molecule has 0 amide bonds. The molecule has 1 aliphatic heterocycles. The Morgan fingerprint density at radius 3 is 3.25 bits per heavy atom. The molecule has 1 aromatic heterocycles. The number of hydrogen-bond acceptors (Lipinski definition) is 5. The van der Waals surface area contributed by atoms with Crippen LogP contribution in [0.25, 0.3) is 0 Å². The van der Waals surface area contributed by atoms with Gasteiger partial charge >= 0.3 is 0 Å². The van der Waals surface area contributed by atoms with E-state index in [1.165, 1.54) is 11.3 Å². The van der Waals surface area contributed by atoms with E-state index in [-0.39, 0.29) is 0 Å². The van der Waals surface area contributed by atoms with Crippen LogP contribution in [0.5, 0.6) is 0 Å². The molecule has 0 radical (unpaired) electrons. The molecule has 0 saturated carbocycles. The third-order valence-electron chi connectivity index (χ3n) is 2.93. The lowest BCUT2D eigenvalue weighted by Crippen LogP contribution is -2.42. The molecule has 0 spiro atoms. The minimum absolute atomic E-state index is 0.411. The maximum atomic E-state index is 5.64. The third-order valence-corrected chi connectivity index (χ3v) is 3.65. The Labute approximate surface area is 100 Å². The quantitative estimate of drug-likeness (QED) is 0.865. The van der Waals surface area contributed by atoms with Crippen molar-refractivity contribution in [2.24, 2.45) is 0 Å². The van der Waals surface area contributed by atoms with Gasteiger partial charge in [-0.25, -0.2) is 4.98 Å². The predicted molar refractivity (Wildman–Crippen MR) is 66.7 cm³/mol. The molecule has 1 unspecified atom stereocenters. The van der Waals surface area contributed by atoms with Crippen LogP contribution >= 0.6 is 11.3 Å². The van der Waals surface area contributed by atoms with Gasteiger partial charge < -0.3 is 10.5 Å². The van der Waals surface area contributed by atoms with Crippen LogP contribution in [0.1, 0.15) is 19.0 Å². The van der Waals surface area contributed by atoms with Gasteiger partial charge in [0.15, 0.2) is 5.13 Å². The number of nitrogens with zero attached hydrogens (tertiary/aromatic N) is 2. The first-order valence-corrected chi connectivity index (χ1v) is 6.69. The molecular formula is C11H19N3OS. The first-order chi connectivity index (χ1) is 7.78. The molecule has 16 heavy (non-hydrogen) atoms. The summed E-state index contributed by atoms with van der Waals surface area (Å²) >= 11 is 1.52. The van der Waals surface area contributed by atoms with E-state index in [4.69, 9.17) is 10.5 Å². The van der Waals surface area contributed by atoms with Crippen LogP contribution in [0.2, 0.25) is 0 Å². The fourth-order valence-electron chi connectivity index (χ4n) is 1.94. The number of aromatic nitrogens is 1. The van der Waals surface area contributed by atoms with Gasteiger partial charge in [0.1, 0.15) is 0 Å². The second-order valence-electron chi connectivity index (χ2n) is 4.13. The highest BCUT2D eigenvalue weighted by atomic mass is 32.1. The fraction of sp³-hybridized carbons (Fsp3) is 0.727. The van der Waals surface area contributed by atoms with Crippen LogP contribution in [0.4, 0.5) is 5.13 Å². The topological polar surface area (TPSA) is 51.4 Å². The lowest BCUT2D eigenvalue weighted by molar-refractivity contribution is -0.0292. The van der Waals surface area contributed by atoms with Crippen LogP contribution in [-0.2, 0) is 11.2 Å². The summed E-state index contributed by atoms with van der Waals surface area (Å²) < 4.78 is 5.64. The van der Waals surface area contributed by atoms with Crippen molar-refractivity contribution in [2.75, 3.05) is 32.0 Å². The van der Waals surface area contributed by atoms with Crippen LogP contribution in [0, 0.1) is 0 Å². The number of rotatable bonds is 4. The molecule has 1 aromatic rings. The van der Waals surface area contributed by atoms with Gasteiger partial charge in [-0.15, -0.1) is 11.3 Å². The lowest BCUT2D eigenvalue weighted by Gasteiger charge is -2.32. The first kappa shape index (κ1) is 11.8. The van der Waals surface area contributed by atoms with E-state index in [1.54, 1.807) is 0 Å². The molecule has 1 fully saturated rings. The summed E-state index contributed by atoms with van der Waals surface area (Å²) in [7, 11) is 0. The number of morpholine rings is 1. The summed E-state index contributed by atoms with van der Waals surface area (Å²) in [4.78, 5) is 6.72. The van der Waals surface area contributed by atoms with Crippen molar-refractivity contribution < 1.29 is 4.74 Å². The van der Waals surface area contributed by atoms with E-state index in [0.29, 0.717) is 11.2 Å². The van der Waals surface area contributed by atoms with Gasteiger partial charge in [-0.3, -0.25) is 4.90 Å². The highest BCUT2D eigenvalue weighted by Crippen LogP contribution is 2.13. The van der Waals surface area contributed by atoms with E-state index >= 15 is 0 Å². The summed E-state index contributed by atoms with van der Waals surface area (Å²) in [6, 6.07) is 0. The molecule has 4 nitrogen and oxygen atoms in total. The van der Waals surface area contributed by atoms with Crippen molar-refractivity contribution in [1.82, 2.24) is 9.88 Å². The minimum atomic E-state index is 0.411. The summed E-state index contributed by atoms with van der Waals surface area (Å²) in [6.07, 6.45) is 2.50. The molecule has 0 aromatic carbocycles. The molecule has 2 heterocycles. The molecule has 0 bridgehead atoms. The zero-order chi connectivity index (χ0) is 11.4. The fourth-order valence-corrected chi connectivity index (χ4v) is 2.54. The van der Waals surface area contributed by atoms with E-state index < -0.39 is 0 Å². The second-order valence-corrected chi connectivity index (χ2v) is 5.02. The van der Waals surface area contributed by atoms with Crippen LogP contribution in [-0.4, -0.2) is 42.2 Å². The second kappa shape index (κ2) is 5.61. The smallest absolute Gasteiger partial charge is 0.180 e. The van der Waals surface area contributed by atoms with Crippen molar-refractivity contribution in [3.8, 4) is 0 Å². The Morgan fingerprint density at radius 1 is 1.69 bits per heavy atom. The lowest BCUT2D eigenvalue weighted by atomic mass is 10.2. The average molecular weight is 241 g/mol. The zero-order valence-electron chi connectivity index (χ0n) is 9.69. The van der Waals surface area contributed by atoms with Crippen LogP contribution < -0.4 is 5.73 Å². The Bertz CT molecular complexity index is 329. The molecular weight excluding hydrogens is 222 g/mol. The summed E-state index contributed by atoms with van der Waals surface area (Å²) in [6.45, 7) is 6.18. The molecule has 5 heteroatoms. The molecule has 1 saturated heterocycles. The van der Waals surface area contributed by atoms with Crippen molar-refractivity contribution in [1.29, 1.82) is 0 Å². The van der Waals surface area contributed by atoms with E-state index in [9.17, 15) is 0 Å². The first-order valence-electron chi connectivity index (χ1n) is 5.81. The molecule has 1 atom stereocenters. The van der Waals surface area contributed by atoms with Crippen molar-refractivity contribution in [2.45, 2.75) is 25.9 Å². The third kappa shape index (κ3) is 3.17. The van der Waals surface area contributed by atoms with E-state index in [2.05, 4.69) is 16.8 Å². The molecule has 2 rings (SSSR count). The van der Waals surface area contributed by atoms with Crippen molar-refractivity contribution >= 4 is 16.5 Å². The van der Waals surface area contributed by atoms with Gasteiger partial charge in [-0.05, 0) is 6.42 Å². The van der Waals surface area contributed by atoms with Gasteiger partial charge in [0.2, 0.25) is 0 Å². The number of anilines is 1. The van der Waals surface area contributed by atoms with Gasteiger partial charge in [0, 0.05) is 31.4 Å². The predicted octanol–water partition coefficient (Wildman–Crippen LogP) is 1.38. The van der Waals surface area contributed by atoms with Crippen LogP contribution in [0.15, 0.2) is 5.38 Å². The monoisotopic (exact) mass is 241 g/mol. The standard InChI is InChI=1S/C11H19N3OS/c1-2-10-7-14(5-6-15-10)4-3-9-8-16-11(12)13-9/h8,10H,2-7H2,1H3,(H2,12,13). The zero-order valence-corrected chi connectivity index (χ0v) is 10.5. The number of ether oxygens (including phenoxy) is 1. The van der Waals surface area contributed by atoms with Gasteiger partial charge in [0.05, 0.1) is 18.4 Å². The highest BCUT2D eigenvalue weighted by molar-refractivity contribution is 7.13. The van der Waals surface area contributed by atoms with E-state index in [0.717, 1.165) is 44.8 Å². The highest BCUT2D eigenvalue weighted by Gasteiger charge is 2.18. The van der Waals surface area contributed by atoms with Gasteiger partial charge in [-0.1, -0.05) is 6.92 Å². The number of hydrogen-bond donors (Lipinski definition) is 1. The van der Waals surface area contributed by atoms with Crippen molar-refractivity contribution in [3.63, 3.8) is 0 Å². The summed E-state index contributed by atoms with van der Waals surface area (Å²) in [5.74, 6) is 0. The maximum Gasteiger partial charge on any atom is 0.180 e. The Balaban J connectivity index is 1.77.